The molecule has 0 spiro atoms. The fourth-order valence-corrected chi connectivity index (χ4v) is 2.64. The Morgan fingerprint density at radius 2 is 1.95 bits per heavy atom. The van der Waals surface area contributed by atoms with Gasteiger partial charge in [-0.3, -0.25) is 0 Å². The van der Waals surface area contributed by atoms with Gasteiger partial charge in [0, 0.05) is 22.2 Å². The van der Waals surface area contributed by atoms with Gasteiger partial charge in [-0.2, -0.15) is 0 Å². The fourth-order valence-electron chi connectivity index (χ4n) is 2.42. The van der Waals surface area contributed by atoms with Gasteiger partial charge in [-0.15, -0.1) is 0 Å². The molecule has 21 heavy (non-hydrogen) atoms. The number of carboxylic acids is 1. The van der Waals surface area contributed by atoms with Crippen molar-refractivity contribution in [3.05, 3.63) is 70.6 Å². The molecule has 3 aromatic rings. The van der Waals surface area contributed by atoms with Crippen LogP contribution in [0.15, 0.2) is 48.7 Å². The Labute approximate surface area is 125 Å². The van der Waals surface area contributed by atoms with E-state index in [1.165, 1.54) is 18.2 Å². The third kappa shape index (κ3) is 2.38. The van der Waals surface area contributed by atoms with Crippen LogP contribution >= 0.6 is 11.6 Å². The van der Waals surface area contributed by atoms with Gasteiger partial charge in [-0.25, -0.2) is 9.18 Å². The van der Waals surface area contributed by atoms with Crippen molar-refractivity contribution in [3.63, 3.8) is 0 Å². The first-order valence-electron chi connectivity index (χ1n) is 6.32. The molecule has 5 heteroatoms. The summed E-state index contributed by atoms with van der Waals surface area (Å²) in [5.74, 6) is -1.42. The van der Waals surface area contributed by atoms with E-state index in [4.69, 9.17) is 11.6 Å². The first kappa shape index (κ1) is 13.6. The van der Waals surface area contributed by atoms with Crippen LogP contribution < -0.4 is 0 Å². The Hall–Kier alpha value is -2.33. The van der Waals surface area contributed by atoms with Gasteiger partial charge in [0.05, 0.1) is 17.6 Å². The Balaban J connectivity index is 2.16. The van der Waals surface area contributed by atoms with E-state index in [-0.39, 0.29) is 12.1 Å². The molecule has 1 heterocycles. The minimum atomic E-state index is -1.01. The lowest BCUT2D eigenvalue weighted by Gasteiger charge is -2.10. The summed E-state index contributed by atoms with van der Waals surface area (Å²) in [5.41, 5.74) is 1.09. The van der Waals surface area contributed by atoms with Gasteiger partial charge >= 0.3 is 5.97 Å². The highest BCUT2D eigenvalue weighted by atomic mass is 35.5. The number of para-hydroxylation sites is 1. The van der Waals surface area contributed by atoms with Crippen LogP contribution in [0.5, 0.6) is 0 Å². The number of carbonyl (C=O) groups is 1. The maximum absolute atomic E-state index is 13.9. The number of hydrogen-bond donors (Lipinski definition) is 1. The smallest absolute Gasteiger partial charge is 0.337 e. The summed E-state index contributed by atoms with van der Waals surface area (Å²) in [6.07, 6.45) is 1.74. The molecule has 0 bridgehead atoms. The summed E-state index contributed by atoms with van der Waals surface area (Å²) < 4.78 is 15.6. The summed E-state index contributed by atoms with van der Waals surface area (Å²) in [6, 6.07) is 11.3. The molecule has 1 N–H and O–H groups in total. The topological polar surface area (TPSA) is 42.2 Å². The van der Waals surface area contributed by atoms with Crippen molar-refractivity contribution >= 4 is 28.5 Å². The van der Waals surface area contributed by atoms with Crippen LogP contribution in [0.2, 0.25) is 5.02 Å². The second-order valence-electron chi connectivity index (χ2n) is 4.69. The van der Waals surface area contributed by atoms with Crippen LogP contribution in [-0.4, -0.2) is 15.6 Å². The van der Waals surface area contributed by atoms with Crippen molar-refractivity contribution < 1.29 is 14.3 Å². The van der Waals surface area contributed by atoms with Gasteiger partial charge in [0.1, 0.15) is 5.82 Å². The third-order valence-corrected chi connectivity index (χ3v) is 3.76. The Bertz CT molecular complexity index is 821. The van der Waals surface area contributed by atoms with Crippen LogP contribution in [0.1, 0.15) is 15.9 Å². The van der Waals surface area contributed by atoms with Gasteiger partial charge in [0.15, 0.2) is 0 Å². The molecule has 2 aromatic carbocycles. The molecule has 3 rings (SSSR count). The summed E-state index contributed by atoms with van der Waals surface area (Å²) in [5, 5.41) is 10.4. The number of halogens is 2. The van der Waals surface area contributed by atoms with Crippen molar-refractivity contribution in [2.24, 2.45) is 0 Å². The summed E-state index contributed by atoms with van der Waals surface area (Å²) in [7, 11) is 0. The van der Waals surface area contributed by atoms with Gasteiger partial charge in [0.25, 0.3) is 0 Å². The monoisotopic (exact) mass is 303 g/mol. The van der Waals surface area contributed by atoms with Gasteiger partial charge in [0.2, 0.25) is 0 Å². The Kier molecular flexibility index (Phi) is 3.39. The van der Waals surface area contributed by atoms with Crippen LogP contribution in [0.25, 0.3) is 10.9 Å². The first-order chi connectivity index (χ1) is 10.1. The molecule has 0 fully saturated rings. The zero-order chi connectivity index (χ0) is 15.0. The Morgan fingerprint density at radius 1 is 1.19 bits per heavy atom. The van der Waals surface area contributed by atoms with Gasteiger partial charge in [-0.05, 0) is 24.3 Å². The minimum Gasteiger partial charge on any atom is -0.478 e. The van der Waals surface area contributed by atoms with E-state index in [1.807, 2.05) is 6.07 Å². The van der Waals surface area contributed by atoms with Crippen LogP contribution in [0.4, 0.5) is 4.39 Å². The number of aromatic nitrogens is 1. The van der Waals surface area contributed by atoms with Crippen LogP contribution in [0, 0.1) is 5.82 Å². The molecule has 0 aliphatic heterocycles. The largest absolute Gasteiger partial charge is 0.478 e. The molecule has 0 saturated carbocycles. The van der Waals surface area contributed by atoms with E-state index in [9.17, 15) is 14.3 Å². The molecule has 0 unspecified atom stereocenters. The van der Waals surface area contributed by atoms with Crippen LogP contribution in [0.3, 0.4) is 0 Å². The van der Waals surface area contributed by atoms with E-state index in [0.717, 1.165) is 5.39 Å². The van der Waals surface area contributed by atoms with E-state index < -0.39 is 11.8 Å². The molecule has 0 amide bonds. The number of carboxylic acid groups (broad SMARTS) is 1. The van der Waals surface area contributed by atoms with E-state index in [2.05, 4.69) is 0 Å². The first-order valence-corrected chi connectivity index (χ1v) is 6.70. The van der Waals surface area contributed by atoms with Crippen molar-refractivity contribution in [1.82, 2.24) is 4.57 Å². The second-order valence-corrected chi connectivity index (χ2v) is 5.10. The van der Waals surface area contributed by atoms with Gasteiger partial charge in [-0.1, -0.05) is 29.8 Å². The highest BCUT2D eigenvalue weighted by Crippen LogP contribution is 2.25. The quantitative estimate of drug-likeness (QED) is 0.788. The zero-order valence-electron chi connectivity index (χ0n) is 10.9. The minimum absolute atomic E-state index is 0.180. The standard InChI is InChI=1S/C16H11ClFNO2/c17-13-5-2-6-14(18)12(13)9-19-8-7-10-3-1-4-11(15(10)19)16(20)21/h1-8H,9H2,(H,20,21). The number of rotatable bonds is 3. The maximum atomic E-state index is 13.9. The summed E-state index contributed by atoms with van der Waals surface area (Å²) in [4.78, 5) is 11.3. The van der Waals surface area contributed by atoms with Crippen LogP contribution in [-0.2, 0) is 6.54 Å². The average Bonchev–Trinajstić information content (AvgIpc) is 2.86. The molecule has 0 aliphatic rings. The molecule has 3 nitrogen and oxygen atoms in total. The SMILES string of the molecule is O=C(O)c1cccc2ccn(Cc3c(F)cccc3Cl)c12. The summed E-state index contributed by atoms with van der Waals surface area (Å²) >= 11 is 6.03. The number of fused-ring (bicyclic) bond motifs is 1. The molecule has 1 aromatic heterocycles. The Morgan fingerprint density at radius 3 is 2.67 bits per heavy atom. The predicted octanol–water partition coefficient (Wildman–Crippen LogP) is 4.18. The molecule has 106 valence electrons. The lowest BCUT2D eigenvalue weighted by Crippen LogP contribution is -2.05. The van der Waals surface area contributed by atoms with Gasteiger partial charge < -0.3 is 9.67 Å². The highest BCUT2D eigenvalue weighted by molar-refractivity contribution is 6.31. The lowest BCUT2D eigenvalue weighted by molar-refractivity contribution is 0.0698. The van der Waals surface area contributed by atoms with Crippen molar-refractivity contribution in [2.75, 3.05) is 0 Å². The van der Waals surface area contributed by atoms with Crippen molar-refractivity contribution in [1.29, 1.82) is 0 Å². The number of aromatic carboxylic acids is 1. The normalized spacial score (nSPS) is 11.0. The maximum Gasteiger partial charge on any atom is 0.337 e. The van der Waals surface area contributed by atoms with E-state index in [1.54, 1.807) is 29.0 Å². The molecule has 0 radical (unpaired) electrons. The highest BCUT2D eigenvalue weighted by Gasteiger charge is 2.14. The third-order valence-electron chi connectivity index (χ3n) is 3.41. The molecule has 0 atom stereocenters. The van der Waals surface area contributed by atoms with E-state index >= 15 is 0 Å². The number of nitrogens with zero attached hydrogens (tertiary/aromatic N) is 1. The van der Waals surface area contributed by atoms with Crippen molar-refractivity contribution in [2.45, 2.75) is 6.54 Å². The average molecular weight is 304 g/mol. The molecular formula is C16H11ClFNO2. The fraction of sp³-hybridized carbons (Fsp3) is 0.0625. The van der Waals surface area contributed by atoms with E-state index in [0.29, 0.717) is 16.1 Å². The lowest BCUT2D eigenvalue weighted by atomic mass is 10.1. The predicted molar refractivity (Wildman–Crippen MR) is 79.4 cm³/mol. The molecule has 0 aliphatic carbocycles. The summed E-state index contributed by atoms with van der Waals surface area (Å²) in [6.45, 7) is 0.180. The molecule has 0 saturated heterocycles. The zero-order valence-corrected chi connectivity index (χ0v) is 11.6. The number of benzene rings is 2. The second kappa shape index (κ2) is 5.22. The number of hydrogen-bond acceptors (Lipinski definition) is 1. The molecular weight excluding hydrogens is 293 g/mol. The van der Waals surface area contributed by atoms with Crippen molar-refractivity contribution in [3.8, 4) is 0 Å².